The first-order valence-electron chi connectivity index (χ1n) is 6.64. The van der Waals surface area contributed by atoms with Crippen LogP contribution in [0.1, 0.15) is 24.5 Å². The molecule has 2 rings (SSSR count). The molecular weight excluding hydrogens is 283 g/mol. The Labute approximate surface area is 121 Å². The molecule has 7 heteroatoms. The first kappa shape index (κ1) is 15.5. The minimum atomic E-state index is -4.55. The molecule has 1 aromatic carbocycles. The fourth-order valence-electron chi connectivity index (χ4n) is 2.39. The number of rotatable bonds is 4. The lowest BCUT2D eigenvalue weighted by Gasteiger charge is -2.21. The van der Waals surface area contributed by atoms with Gasteiger partial charge >= 0.3 is 6.18 Å². The Hall–Kier alpha value is -1.92. The SMILES string of the molecule is CC1CC1CN(C)c1ccc(C(F)(F)F)c(/C(N)=N/O)c1. The maximum absolute atomic E-state index is 12.9. The highest BCUT2D eigenvalue weighted by Crippen LogP contribution is 2.39. The normalized spacial score (nSPS) is 22.2. The number of amidine groups is 1. The first-order chi connectivity index (χ1) is 9.74. The van der Waals surface area contributed by atoms with E-state index in [0.717, 1.165) is 19.0 Å². The van der Waals surface area contributed by atoms with Gasteiger partial charge in [-0.3, -0.25) is 0 Å². The van der Waals surface area contributed by atoms with E-state index in [2.05, 4.69) is 12.1 Å². The van der Waals surface area contributed by atoms with Gasteiger partial charge in [0.25, 0.3) is 0 Å². The Bertz CT molecular complexity index is 557. The molecule has 0 amide bonds. The molecule has 1 fully saturated rings. The third-order valence-electron chi connectivity index (χ3n) is 3.92. The predicted molar refractivity (Wildman–Crippen MR) is 74.5 cm³/mol. The molecule has 21 heavy (non-hydrogen) atoms. The maximum atomic E-state index is 12.9. The molecule has 1 saturated carbocycles. The number of hydrogen-bond acceptors (Lipinski definition) is 3. The van der Waals surface area contributed by atoms with Crippen molar-refractivity contribution in [3.05, 3.63) is 29.3 Å². The van der Waals surface area contributed by atoms with Crippen molar-refractivity contribution in [1.82, 2.24) is 0 Å². The van der Waals surface area contributed by atoms with Gasteiger partial charge in [-0.1, -0.05) is 12.1 Å². The van der Waals surface area contributed by atoms with Crippen molar-refractivity contribution in [2.75, 3.05) is 18.5 Å². The molecule has 2 atom stereocenters. The standard InChI is InChI=1S/C14H18F3N3O/c1-8-5-9(8)7-20(2)10-3-4-12(14(15,16)17)11(6-10)13(18)19-21/h3-4,6,8-9,21H,5,7H2,1-2H3,(H2,18,19). The number of oxime groups is 1. The molecule has 1 aliphatic carbocycles. The predicted octanol–water partition coefficient (Wildman–Crippen LogP) is 2.89. The van der Waals surface area contributed by atoms with Gasteiger partial charge in [-0.2, -0.15) is 13.2 Å². The highest BCUT2D eigenvalue weighted by atomic mass is 19.4. The van der Waals surface area contributed by atoms with E-state index in [4.69, 9.17) is 10.9 Å². The number of nitrogens with two attached hydrogens (primary N) is 1. The van der Waals surface area contributed by atoms with Gasteiger partial charge in [0.15, 0.2) is 5.84 Å². The zero-order valence-electron chi connectivity index (χ0n) is 11.9. The van der Waals surface area contributed by atoms with Gasteiger partial charge in [-0.05, 0) is 36.5 Å². The number of benzene rings is 1. The van der Waals surface area contributed by atoms with Crippen LogP contribution in [0.4, 0.5) is 18.9 Å². The van der Waals surface area contributed by atoms with Crippen LogP contribution in [0.3, 0.4) is 0 Å². The van der Waals surface area contributed by atoms with Crippen molar-refractivity contribution in [3.8, 4) is 0 Å². The fourth-order valence-corrected chi connectivity index (χ4v) is 2.39. The molecule has 0 bridgehead atoms. The van der Waals surface area contributed by atoms with Crippen LogP contribution in [-0.4, -0.2) is 24.6 Å². The van der Waals surface area contributed by atoms with Gasteiger partial charge in [0.2, 0.25) is 0 Å². The van der Waals surface area contributed by atoms with Crippen LogP contribution in [0.25, 0.3) is 0 Å². The molecule has 0 saturated heterocycles. The average molecular weight is 301 g/mol. The summed E-state index contributed by atoms with van der Waals surface area (Å²) in [6, 6.07) is 3.69. The van der Waals surface area contributed by atoms with Crippen LogP contribution < -0.4 is 10.6 Å². The lowest BCUT2D eigenvalue weighted by Crippen LogP contribution is -2.24. The summed E-state index contributed by atoms with van der Waals surface area (Å²) in [5.74, 6) is 0.687. The van der Waals surface area contributed by atoms with Gasteiger partial charge in [0.05, 0.1) is 5.56 Å². The second kappa shape index (κ2) is 5.46. The molecule has 2 unspecified atom stereocenters. The van der Waals surface area contributed by atoms with Crippen LogP contribution in [-0.2, 0) is 6.18 Å². The fraction of sp³-hybridized carbons (Fsp3) is 0.500. The lowest BCUT2D eigenvalue weighted by molar-refractivity contribution is -0.137. The summed E-state index contributed by atoms with van der Waals surface area (Å²) in [4.78, 5) is 1.89. The van der Waals surface area contributed by atoms with E-state index in [9.17, 15) is 13.2 Å². The van der Waals surface area contributed by atoms with Crippen molar-refractivity contribution < 1.29 is 18.4 Å². The smallest absolute Gasteiger partial charge is 0.409 e. The van der Waals surface area contributed by atoms with E-state index in [-0.39, 0.29) is 5.56 Å². The minimum Gasteiger partial charge on any atom is -0.409 e. The molecule has 1 aromatic rings. The highest BCUT2D eigenvalue weighted by Gasteiger charge is 2.36. The van der Waals surface area contributed by atoms with Crippen LogP contribution in [0, 0.1) is 11.8 Å². The summed E-state index contributed by atoms with van der Waals surface area (Å²) >= 11 is 0. The molecular formula is C14H18F3N3O. The molecule has 116 valence electrons. The molecule has 0 aliphatic heterocycles. The molecule has 0 heterocycles. The van der Waals surface area contributed by atoms with E-state index in [1.165, 1.54) is 12.1 Å². The largest absolute Gasteiger partial charge is 0.417 e. The topological polar surface area (TPSA) is 61.8 Å². The summed E-state index contributed by atoms with van der Waals surface area (Å²) in [6.45, 7) is 2.93. The van der Waals surface area contributed by atoms with Gasteiger partial charge < -0.3 is 15.8 Å². The van der Waals surface area contributed by atoms with Crippen molar-refractivity contribution >= 4 is 11.5 Å². The van der Waals surface area contributed by atoms with E-state index in [0.29, 0.717) is 17.5 Å². The number of anilines is 1. The van der Waals surface area contributed by atoms with E-state index < -0.39 is 17.6 Å². The zero-order valence-corrected chi connectivity index (χ0v) is 11.9. The van der Waals surface area contributed by atoms with E-state index >= 15 is 0 Å². The molecule has 0 radical (unpaired) electrons. The molecule has 3 N–H and O–H groups in total. The van der Waals surface area contributed by atoms with Crippen LogP contribution in [0.2, 0.25) is 0 Å². The first-order valence-corrected chi connectivity index (χ1v) is 6.64. The summed E-state index contributed by atoms with van der Waals surface area (Å²) in [7, 11) is 1.82. The molecule has 4 nitrogen and oxygen atoms in total. The van der Waals surface area contributed by atoms with Gasteiger partial charge in [-0.25, -0.2) is 0 Å². The Morgan fingerprint density at radius 1 is 1.48 bits per heavy atom. The van der Waals surface area contributed by atoms with Gasteiger partial charge in [-0.15, -0.1) is 0 Å². The Kier molecular flexibility index (Phi) is 4.02. The van der Waals surface area contributed by atoms with Crippen molar-refractivity contribution in [2.24, 2.45) is 22.7 Å². The Morgan fingerprint density at radius 2 is 2.10 bits per heavy atom. The second-order valence-electron chi connectivity index (χ2n) is 5.57. The zero-order chi connectivity index (χ0) is 15.8. The Balaban J connectivity index is 2.32. The summed E-state index contributed by atoms with van der Waals surface area (Å²) in [5, 5.41) is 11.4. The van der Waals surface area contributed by atoms with E-state index in [1.54, 1.807) is 0 Å². The summed E-state index contributed by atoms with van der Waals surface area (Å²) in [5.41, 5.74) is 4.78. The van der Waals surface area contributed by atoms with Crippen LogP contribution >= 0.6 is 0 Å². The monoisotopic (exact) mass is 301 g/mol. The second-order valence-corrected chi connectivity index (χ2v) is 5.57. The number of alkyl halides is 3. The van der Waals surface area contributed by atoms with E-state index in [1.807, 2.05) is 11.9 Å². The number of hydrogen-bond donors (Lipinski definition) is 2. The van der Waals surface area contributed by atoms with Crippen molar-refractivity contribution in [2.45, 2.75) is 19.5 Å². The Morgan fingerprint density at radius 3 is 2.57 bits per heavy atom. The van der Waals surface area contributed by atoms with Gasteiger partial charge in [0.1, 0.15) is 0 Å². The highest BCUT2D eigenvalue weighted by molar-refractivity contribution is 5.99. The molecule has 0 spiro atoms. The third kappa shape index (κ3) is 3.40. The average Bonchev–Trinajstić information content (AvgIpc) is 3.11. The summed E-state index contributed by atoms with van der Waals surface area (Å²) in [6.07, 6.45) is -3.41. The molecule has 1 aliphatic rings. The maximum Gasteiger partial charge on any atom is 0.417 e. The number of nitrogens with zero attached hydrogens (tertiary/aromatic N) is 2. The summed E-state index contributed by atoms with van der Waals surface area (Å²) < 4.78 is 38.8. The van der Waals surface area contributed by atoms with Gasteiger partial charge in [0, 0.05) is 24.8 Å². The minimum absolute atomic E-state index is 0.307. The van der Waals surface area contributed by atoms with Crippen molar-refractivity contribution in [1.29, 1.82) is 0 Å². The number of halogens is 3. The van der Waals surface area contributed by atoms with Crippen molar-refractivity contribution in [3.63, 3.8) is 0 Å². The lowest BCUT2D eigenvalue weighted by atomic mass is 10.0. The quantitative estimate of drug-likeness (QED) is 0.389. The molecule has 0 aromatic heterocycles. The van der Waals surface area contributed by atoms with Crippen LogP contribution in [0.15, 0.2) is 23.4 Å². The van der Waals surface area contributed by atoms with Crippen LogP contribution in [0.5, 0.6) is 0 Å². The third-order valence-corrected chi connectivity index (χ3v) is 3.92.